The van der Waals surface area contributed by atoms with E-state index in [1.165, 1.54) is 12.4 Å². The van der Waals surface area contributed by atoms with Crippen LogP contribution in [0, 0.1) is 5.41 Å². The zero-order chi connectivity index (χ0) is 26.1. The normalized spacial score (nSPS) is 18.4. The molecule has 0 radical (unpaired) electrons. The lowest BCUT2D eigenvalue weighted by atomic mass is 9.61. The molecular formula is C26H26Cl2FN3O4. The van der Waals surface area contributed by atoms with Gasteiger partial charge in [-0.25, -0.2) is 9.18 Å². The first kappa shape index (κ1) is 26.1. The Morgan fingerprint density at radius 1 is 1.11 bits per heavy atom. The lowest BCUT2D eigenvalue weighted by Gasteiger charge is -2.47. The maximum atomic E-state index is 14.7. The number of carboxylic acids is 1. The second-order valence-corrected chi connectivity index (χ2v) is 10.1. The Morgan fingerprint density at radius 3 is 2.28 bits per heavy atom. The van der Waals surface area contributed by atoms with Gasteiger partial charge >= 0.3 is 5.97 Å². The molecule has 2 aliphatic rings. The molecule has 1 aromatic heterocycles. The highest BCUT2D eigenvalue weighted by Gasteiger charge is 2.57. The molecule has 7 nitrogen and oxygen atoms in total. The zero-order valence-electron chi connectivity index (χ0n) is 19.7. The number of allylic oxidation sites excluding steroid dienone is 2. The van der Waals surface area contributed by atoms with E-state index in [0.29, 0.717) is 24.1 Å². The molecule has 2 aromatic rings. The van der Waals surface area contributed by atoms with E-state index in [1.807, 2.05) is 0 Å². The van der Waals surface area contributed by atoms with Crippen LogP contribution in [-0.2, 0) is 16.0 Å². The second kappa shape index (κ2) is 10.2. The van der Waals surface area contributed by atoms with Gasteiger partial charge in [0, 0.05) is 24.5 Å². The summed E-state index contributed by atoms with van der Waals surface area (Å²) in [5.74, 6) is -3.02. The molecule has 4 rings (SSSR count). The number of amides is 1. The highest BCUT2D eigenvalue weighted by molar-refractivity contribution is 6.40. The van der Waals surface area contributed by atoms with Gasteiger partial charge in [-0.05, 0) is 37.0 Å². The summed E-state index contributed by atoms with van der Waals surface area (Å²) >= 11 is 12.1. The molecule has 3 N–H and O–H groups in total. The average molecular weight is 534 g/mol. The summed E-state index contributed by atoms with van der Waals surface area (Å²) < 4.78 is 14.7. The van der Waals surface area contributed by atoms with Crippen molar-refractivity contribution in [1.82, 2.24) is 10.3 Å². The van der Waals surface area contributed by atoms with E-state index in [2.05, 4.69) is 15.6 Å². The molecule has 1 saturated carbocycles. The Labute approximate surface area is 218 Å². The van der Waals surface area contributed by atoms with Gasteiger partial charge in [0.25, 0.3) is 5.91 Å². The molecule has 10 heteroatoms. The second-order valence-electron chi connectivity index (χ2n) is 9.33. The molecule has 0 aliphatic heterocycles. The number of carbonyl (C=O) groups is 3. The molecule has 1 fully saturated rings. The van der Waals surface area contributed by atoms with E-state index in [4.69, 9.17) is 23.2 Å². The van der Waals surface area contributed by atoms with E-state index >= 15 is 0 Å². The lowest BCUT2D eigenvalue weighted by molar-refractivity contribution is -0.146. The average Bonchev–Trinajstić information content (AvgIpc) is 2.87. The predicted molar refractivity (Wildman–Crippen MR) is 135 cm³/mol. The molecule has 190 valence electrons. The molecule has 0 bridgehead atoms. The van der Waals surface area contributed by atoms with Crippen molar-refractivity contribution in [2.24, 2.45) is 5.41 Å². The molecule has 1 heterocycles. The lowest BCUT2D eigenvalue weighted by Crippen LogP contribution is -2.60. The van der Waals surface area contributed by atoms with Crippen LogP contribution in [0.3, 0.4) is 0 Å². The first-order valence-electron chi connectivity index (χ1n) is 11.8. The number of carboxylic acid groups (broad SMARTS) is 1. The number of hydrogen-bond acceptors (Lipinski definition) is 5. The fourth-order valence-electron chi connectivity index (χ4n) is 5.05. The maximum absolute atomic E-state index is 14.7. The highest BCUT2D eigenvalue weighted by Crippen LogP contribution is 2.52. The van der Waals surface area contributed by atoms with Crippen molar-refractivity contribution in [2.75, 3.05) is 5.32 Å². The summed E-state index contributed by atoms with van der Waals surface area (Å²) in [6, 6.07) is 6.64. The monoisotopic (exact) mass is 533 g/mol. The minimum Gasteiger partial charge on any atom is -0.479 e. The van der Waals surface area contributed by atoms with Crippen molar-refractivity contribution >= 4 is 46.5 Å². The number of rotatable bonds is 8. The molecule has 1 aromatic carbocycles. The number of hydrogen-bond donors (Lipinski definition) is 3. The van der Waals surface area contributed by atoms with Crippen molar-refractivity contribution in [3.05, 3.63) is 69.4 Å². The van der Waals surface area contributed by atoms with E-state index in [0.717, 1.165) is 19.3 Å². The topological polar surface area (TPSA) is 108 Å². The summed E-state index contributed by atoms with van der Waals surface area (Å²) in [5.41, 5.74) is -1.08. The van der Waals surface area contributed by atoms with Crippen LogP contribution >= 0.6 is 23.2 Å². The smallest absolute Gasteiger partial charge is 0.329 e. The number of halogens is 3. The van der Waals surface area contributed by atoms with Crippen LogP contribution in [0.25, 0.3) is 0 Å². The summed E-state index contributed by atoms with van der Waals surface area (Å²) in [6.45, 7) is 1.71. The van der Waals surface area contributed by atoms with Crippen molar-refractivity contribution in [3.63, 3.8) is 0 Å². The molecule has 0 saturated heterocycles. The van der Waals surface area contributed by atoms with Crippen LogP contribution < -0.4 is 10.6 Å². The maximum Gasteiger partial charge on any atom is 0.329 e. The Balaban J connectivity index is 1.53. The number of nitrogens with zero attached hydrogens (tertiary/aromatic N) is 1. The Hall–Kier alpha value is -2.97. The molecule has 1 spiro atoms. The van der Waals surface area contributed by atoms with E-state index < -0.39 is 34.4 Å². The third-order valence-corrected chi connectivity index (χ3v) is 7.79. The minimum atomic E-state index is -1.50. The van der Waals surface area contributed by atoms with Crippen molar-refractivity contribution in [1.29, 1.82) is 0 Å². The van der Waals surface area contributed by atoms with Crippen LogP contribution in [0.4, 0.5) is 10.1 Å². The zero-order valence-corrected chi connectivity index (χ0v) is 21.2. The first-order chi connectivity index (χ1) is 17.1. The van der Waals surface area contributed by atoms with Crippen molar-refractivity contribution in [3.8, 4) is 0 Å². The number of carbonyl (C=O) groups excluding carboxylic acids is 2. The van der Waals surface area contributed by atoms with Crippen LogP contribution in [-0.4, -0.2) is 33.3 Å². The van der Waals surface area contributed by atoms with E-state index in [9.17, 15) is 23.9 Å². The number of anilines is 1. The summed E-state index contributed by atoms with van der Waals surface area (Å²) in [5, 5.41) is 16.1. The summed E-state index contributed by atoms with van der Waals surface area (Å²) in [4.78, 5) is 41.3. The van der Waals surface area contributed by atoms with Gasteiger partial charge in [-0.2, -0.15) is 0 Å². The van der Waals surface area contributed by atoms with E-state index in [-0.39, 0.29) is 34.1 Å². The largest absolute Gasteiger partial charge is 0.479 e. The van der Waals surface area contributed by atoms with Gasteiger partial charge in [-0.3, -0.25) is 14.6 Å². The van der Waals surface area contributed by atoms with Gasteiger partial charge in [-0.1, -0.05) is 61.5 Å². The highest BCUT2D eigenvalue weighted by atomic mass is 35.5. The number of pyridine rings is 1. The molecule has 36 heavy (non-hydrogen) atoms. The molecular weight excluding hydrogens is 508 g/mol. The van der Waals surface area contributed by atoms with Gasteiger partial charge in [0.15, 0.2) is 5.83 Å². The van der Waals surface area contributed by atoms with Gasteiger partial charge in [0.1, 0.15) is 5.54 Å². The standard InChI is InChI=1S/C26H26Cl2FN3O4/c1-2-26(24(35)36,32-21-20(29)22(33)25(21)10-4-3-5-11-25)12-15-6-8-16(9-7-15)31-23(34)19-17(27)13-30-14-18(19)28/h6-9,13-14,32H,2-5,10-12H2,1H3,(H,31,34)(H,35,36)/t26-/m0/s1. The van der Waals surface area contributed by atoms with Crippen LogP contribution in [0.1, 0.15) is 61.4 Å². The predicted octanol–water partition coefficient (Wildman–Crippen LogP) is 5.72. The fraction of sp³-hybridized carbons (Fsp3) is 0.385. The Bertz CT molecular complexity index is 1220. The minimum absolute atomic E-state index is 0.0517. The number of ketones is 1. The number of aliphatic carboxylic acids is 1. The van der Waals surface area contributed by atoms with Crippen molar-refractivity contribution < 1.29 is 23.9 Å². The Morgan fingerprint density at radius 2 is 1.72 bits per heavy atom. The number of aromatic nitrogens is 1. The van der Waals surface area contributed by atoms with Crippen LogP contribution in [0.2, 0.25) is 10.0 Å². The number of Topliss-reactive ketones (excluding diaryl/α,β-unsaturated/α-hetero) is 1. The molecule has 1 atom stereocenters. The van der Waals surface area contributed by atoms with Gasteiger partial charge in [-0.15, -0.1) is 0 Å². The molecule has 0 unspecified atom stereocenters. The SMILES string of the molecule is CC[C@@](Cc1ccc(NC(=O)c2c(Cl)cncc2Cl)cc1)(NC1=C(F)C(=O)C12CCCCC2)C(=O)O. The third kappa shape index (κ3) is 4.60. The number of nitrogens with one attached hydrogen (secondary N) is 2. The van der Waals surface area contributed by atoms with Crippen molar-refractivity contribution in [2.45, 2.75) is 57.4 Å². The van der Waals surface area contributed by atoms with Crippen LogP contribution in [0.5, 0.6) is 0 Å². The van der Waals surface area contributed by atoms with Gasteiger partial charge < -0.3 is 15.7 Å². The fourth-order valence-corrected chi connectivity index (χ4v) is 5.58. The molecule has 1 amide bonds. The van der Waals surface area contributed by atoms with Gasteiger partial charge in [0.05, 0.1) is 26.7 Å². The quantitative estimate of drug-likeness (QED) is 0.400. The molecule has 2 aliphatic carbocycles. The van der Waals surface area contributed by atoms with Gasteiger partial charge in [0.2, 0.25) is 5.78 Å². The van der Waals surface area contributed by atoms with E-state index in [1.54, 1.807) is 31.2 Å². The third-order valence-electron chi connectivity index (χ3n) is 7.21. The number of benzene rings is 1. The Kier molecular flexibility index (Phi) is 7.38. The summed E-state index contributed by atoms with van der Waals surface area (Å²) in [6.07, 6.45) is 6.50. The summed E-state index contributed by atoms with van der Waals surface area (Å²) in [7, 11) is 0. The van der Waals surface area contributed by atoms with Crippen LogP contribution in [0.15, 0.2) is 48.2 Å². The first-order valence-corrected chi connectivity index (χ1v) is 12.5.